The van der Waals surface area contributed by atoms with Gasteiger partial charge in [0.05, 0.1) is 5.69 Å². The number of aromatic nitrogens is 3. The van der Waals surface area contributed by atoms with Gasteiger partial charge in [-0.1, -0.05) is 0 Å². The molecule has 94 valence electrons. The van der Waals surface area contributed by atoms with Gasteiger partial charge in [0, 0.05) is 18.5 Å². The number of H-pyrrole nitrogens is 1. The van der Waals surface area contributed by atoms with Gasteiger partial charge in [0.25, 0.3) is 5.91 Å². The van der Waals surface area contributed by atoms with E-state index in [0.29, 0.717) is 18.8 Å². The molecule has 2 rings (SSSR count). The SMILES string of the molecule is Nc1ccc(C(=O)NCCc2ncn[nH]2)cc1F. The second-order valence-corrected chi connectivity index (χ2v) is 3.67. The van der Waals surface area contributed by atoms with Crippen LogP contribution in [0.1, 0.15) is 16.2 Å². The van der Waals surface area contributed by atoms with Crippen molar-refractivity contribution >= 4 is 11.6 Å². The van der Waals surface area contributed by atoms with Crippen molar-refractivity contribution in [2.45, 2.75) is 6.42 Å². The van der Waals surface area contributed by atoms with Gasteiger partial charge in [0.1, 0.15) is 18.0 Å². The van der Waals surface area contributed by atoms with Gasteiger partial charge in [0.2, 0.25) is 0 Å². The second-order valence-electron chi connectivity index (χ2n) is 3.67. The number of nitrogens with two attached hydrogens (primary N) is 1. The first-order valence-corrected chi connectivity index (χ1v) is 5.34. The summed E-state index contributed by atoms with van der Waals surface area (Å²) in [6.07, 6.45) is 1.93. The molecular weight excluding hydrogens is 237 g/mol. The normalized spacial score (nSPS) is 10.3. The summed E-state index contributed by atoms with van der Waals surface area (Å²) in [6, 6.07) is 3.95. The van der Waals surface area contributed by atoms with Gasteiger partial charge in [-0.3, -0.25) is 9.89 Å². The number of nitrogen functional groups attached to an aromatic ring is 1. The van der Waals surface area contributed by atoms with Gasteiger partial charge < -0.3 is 11.1 Å². The molecular formula is C11H12FN5O. The molecule has 0 fully saturated rings. The summed E-state index contributed by atoms with van der Waals surface area (Å²) in [5.74, 6) is -0.273. The largest absolute Gasteiger partial charge is 0.396 e. The minimum absolute atomic E-state index is 0.0215. The lowest BCUT2D eigenvalue weighted by Crippen LogP contribution is -2.26. The maximum absolute atomic E-state index is 13.2. The van der Waals surface area contributed by atoms with Crippen molar-refractivity contribution in [3.05, 3.63) is 41.7 Å². The Hall–Kier alpha value is -2.44. The van der Waals surface area contributed by atoms with Crippen LogP contribution in [0.15, 0.2) is 24.5 Å². The highest BCUT2D eigenvalue weighted by Crippen LogP contribution is 2.11. The van der Waals surface area contributed by atoms with E-state index in [0.717, 1.165) is 6.07 Å². The number of nitrogens with zero attached hydrogens (tertiary/aromatic N) is 2. The maximum atomic E-state index is 13.2. The van der Waals surface area contributed by atoms with Crippen molar-refractivity contribution in [1.82, 2.24) is 20.5 Å². The fourth-order valence-electron chi connectivity index (χ4n) is 1.42. The van der Waals surface area contributed by atoms with Crippen molar-refractivity contribution < 1.29 is 9.18 Å². The summed E-state index contributed by atoms with van der Waals surface area (Å²) in [4.78, 5) is 15.6. The lowest BCUT2D eigenvalue weighted by Gasteiger charge is -2.05. The molecule has 0 saturated carbocycles. The molecule has 0 aliphatic heterocycles. The number of benzene rings is 1. The van der Waals surface area contributed by atoms with Crippen LogP contribution in [0.4, 0.5) is 10.1 Å². The monoisotopic (exact) mass is 249 g/mol. The Morgan fingerprint density at radius 3 is 3.00 bits per heavy atom. The topological polar surface area (TPSA) is 96.7 Å². The van der Waals surface area contributed by atoms with Crippen molar-refractivity contribution in [2.75, 3.05) is 12.3 Å². The first-order chi connectivity index (χ1) is 8.66. The number of anilines is 1. The lowest BCUT2D eigenvalue weighted by molar-refractivity contribution is 0.0953. The molecule has 1 aromatic carbocycles. The third-order valence-corrected chi connectivity index (χ3v) is 2.37. The van der Waals surface area contributed by atoms with E-state index in [-0.39, 0.29) is 17.2 Å². The zero-order valence-corrected chi connectivity index (χ0v) is 9.48. The maximum Gasteiger partial charge on any atom is 0.251 e. The minimum Gasteiger partial charge on any atom is -0.396 e. The number of halogens is 1. The molecule has 0 atom stereocenters. The summed E-state index contributed by atoms with van der Waals surface area (Å²) in [7, 11) is 0. The van der Waals surface area contributed by atoms with Crippen LogP contribution < -0.4 is 11.1 Å². The number of aromatic amines is 1. The average molecular weight is 249 g/mol. The third-order valence-electron chi connectivity index (χ3n) is 2.37. The molecule has 0 aliphatic carbocycles. The fourth-order valence-corrected chi connectivity index (χ4v) is 1.42. The molecule has 1 aromatic heterocycles. The predicted octanol–water partition coefficient (Wildman–Crippen LogP) is 0.498. The number of rotatable bonds is 4. The van der Waals surface area contributed by atoms with E-state index in [2.05, 4.69) is 20.5 Å². The van der Waals surface area contributed by atoms with Gasteiger partial charge in [-0.25, -0.2) is 9.37 Å². The lowest BCUT2D eigenvalue weighted by atomic mass is 10.2. The van der Waals surface area contributed by atoms with Crippen molar-refractivity contribution in [1.29, 1.82) is 0 Å². The van der Waals surface area contributed by atoms with Crippen LogP contribution in [0.5, 0.6) is 0 Å². The Morgan fingerprint density at radius 2 is 2.33 bits per heavy atom. The van der Waals surface area contributed by atoms with Crippen LogP contribution in [0, 0.1) is 5.82 Å². The molecule has 0 unspecified atom stereocenters. The van der Waals surface area contributed by atoms with Gasteiger partial charge in [-0.15, -0.1) is 0 Å². The molecule has 4 N–H and O–H groups in total. The zero-order chi connectivity index (χ0) is 13.0. The van der Waals surface area contributed by atoms with Crippen LogP contribution in [-0.2, 0) is 6.42 Å². The molecule has 7 heteroatoms. The minimum atomic E-state index is -0.599. The highest BCUT2D eigenvalue weighted by molar-refractivity contribution is 5.94. The molecule has 18 heavy (non-hydrogen) atoms. The van der Waals surface area contributed by atoms with E-state index in [4.69, 9.17) is 5.73 Å². The number of nitrogens with one attached hydrogen (secondary N) is 2. The van der Waals surface area contributed by atoms with Gasteiger partial charge >= 0.3 is 0 Å². The Bertz CT molecular complexity index is 540. The Kier molecular flexibility index (Phi) is 3.52. The summed E-state index contributed by atoms with van der Waals surface area (Å²) in [5.41, 5.74) is 5.58. The van der Waals surface area contributed by atoms with Crippen LogP contribution in [0.25, 0.3) is 0 Å². The molecule has 0 bridgehead atoms. The van der Waals surface area contributed by atoms with Crippen molar-refractivity contribution in [3.8, 4) is 0 Å². The van der Waals surface area contributed by atoms with E-state index >= 15 is 0 Å². The highest BCUT2D eigenvalue weighted by Gasteiger charge is 2.08. The van der Waals surface area contributed by atoms with Crippen LogP contribution >= 0.6 is 0 Å². The van der Waals surface area contributed by atoms with Crippen molar-refractivity contribution in [3.63, 3.8) is 0 Å². The highest BCUT2D eigenvalue weighted by atomic mass is 19.1. The summed E-state index contributed by atoms with van der Waals surface area (Å²) >= 11 is 0. The standard InChI is InChI=1S/C11H12FN5O/c12-8-5-7(1-2-9(8)13)11(18)14-4-3-10-15-6-16-17-10/h1-2,5-6H,3-4,13H2,(H,14,18)(H,15,16,17). The van der Waals surface area contributed by atoms with E-state index in [1.807, 2.05) is 0 Å². The zero-order valence-electron chi connectivity index (χ0n) is 9.48. The quantitative estimate of drug-likeness (QED) is 0.687. The smallest absolute Gasteiger partial charge is 0.251 e. The summed E-state index contributed by atoms with van der Waals surface area (Å²) in [6.45, 7) is 0.389. The molecule has 0 radical (unpaired) electrons. The summed E-state index contributed by atoms with van der Waals surface area (Å²) in [5, 5.41) is 9.02. The van der Waals surface area contributed by atoms with E-state index < -0.39 is 5.82 Å². The van der Waals surface area contributed by atoms with E-state index in [1.54, 1.807) is 0 Å². The van der Waals surface area contributed by atoms with Gasteiger partial charge in [0.15, 0.2) is 0 Å². The van der Waals surface area contributed by atoms with E-state index in [1.165, 1.54) is 18.5 Å². The Labute approximate surface area is 102 Å². The summed E-state index contributed by atoms with van der Waals surface area (Å²) < 4.78 is 13.2. The molecule has 1 heterocycles. The fraction of sp³-hybridized carbons (Fsp3) is 0.182. The number of hydrogen-bond donors (Lipinski definition) is 3. The first-order valence-electron chi connectivity index (χ1n) is 5.34. The molecule has 0 saturated heterocycles. The number of carbonyl (C=O) groups excluding carboxylic acids is 1. The van der Waals surface area contributed by atoms with E-state index in [9.17, 15) is 9.18 Å². The van der Waals surface area contributed by atoms with Crippen LogP contribution in [0.2, 0.25) is 0 Å². The third kappa shape index (κ3) is 2.82. The van der Waals surface area contributed by atoms with Crippen molar-refractivity contribution in [2.24, 2.45) is 0 Å². The molecule has 1 amide bonds. The number of hydrogen-bond acceptors (Lipinski definition) is 4. The Morgan fingerprint density at radius 1 is 1.50 bits per heavy atom. The Balaban J connectivity index is 1.89. The molecule has 2 aromatic rings. The second kappa shape index (κ2) is 5.26. The molecule has 6 nitrogen and oxygen atoms in total. The molecule has 0 aliphatic rings. The number of amides is 1. The predicted molar refractivity (Wildman–Crippen MR) is 63.2 cm³/mol. The van der Waals surface area contributed by atoms with Crippen LogP contribution in [-0.4, -0.2) is 27.6 Å². The number of carbonyl (C=O) groups is 1. The average Bonchev–Trinajstić information content (AvgIpc) is 2.85. The van der Waals surface area contributed by atoms with Gasteiger partial charge in [-0.2, -0.15) is 5.10 Å². The first kappa shape index (κ1) is 12.0. The molecule has 0 spiro atoms. The van der Waals surface area contributed by atoms with Gasteiger partial charge in [-0.05, 0) is 18.2 Å². The van der Waals surface area contributed by atoms with Crippen LogP contribution in [0.3, 0.4) is 0 Å².